The fraction of sp³-hybridized carbons (Fsp3) is 0.588. The minimum absolute atomic E-state index is 0.144. The van der Waals surface area contributed by atoms with Crippen molar-refractivity contribution in [3.8, 4) is 5.75 Å². The molecule has 1 fully saturated rings. The Kier molecular flexibility index (Phi) is 5.62. The van der Waals surface area contributed by atoms with Crippen molar-refractivity contribution in [2.45, 2.75) is 31.6 Å². The first-order valence-electron chi connectivity index (χ1n) is 7.66. The normalized spacial score (nSPS) is 22.2. The number of benzene rings is 1. The van der Waals surface area contributed by atoms with Crippen LogP contribution in [0.4, 0.5) is 0 Å². The van der Waals surface area contributed by atoms with Crippen LogP contribution in [0.5, 0.6) is 5.75 Å². The first-order valence-corrected chi connectivity index (χ1v) is 7.66. The molecule has 1 aliphatic carbocycles. The van der Waals surface area contributed by atoms with Crippen LogP contribution in [0.3, 0.4) is 0 Å². The number of nitrogens with zero attached hydrogens (tertiary/aromatic N) is 1. The number of likely N-dealkylation sites (N-methyl/N-ethyl adjacent to an activating group) is 1. The highest BCUT2D eigenvalue weighted by molar-refractivity contribution is 5.70. The van der Waals surface area contributed by atoms with Gasteiger partial charge in [0, 0.05) is 6.54 Å². The number of carboxylic acids is 1. The minimum atomic E-state index is -0.641. The molecule has 0 spiro atoms. The monoisotopic (exact) mass is 291 g/mol. The van der Waals surface area contributed by atoms with E-state index >= 15 is 0 Å². The van der Waals surface area contributed by atoms with E-state index in [2.05, 4.69) is 17.0 Å². The SMILES string of the molecule is CN(C)CCOc1ccc(C2CCC(C(=O)O)CC2)cc1. The lowest BCUT2D eigenvalue weighted by Crippen LogP contribution is -2.20. The summed E-state index contributed by atoms with van der Waals surface area (Å²) in [6.45, 7) is 1.59. The molecule has 21 heavy (non-hydrogen) atoms. The first kappa shape index (κ1) is 15.8. The summed E-state index contributed by atoms with van der Waals surface area (Å²) in [5.41, 5.74) is 1.30. The van der Waals surface area contributed by atoms with E-state index in [-0.39, 0.29) is 5.92 Å². The summed E-state index contributed by atoms with van der Waals surface area (Å²) >= 11 is 0. The second-order valence-corrected chi connectivity index (χ2v) is 6.11. The summed E-state index contributed by atoms with van der Waals surface area (Å²) in [6, 6.07) is 8.29. The van der Waals surface area contributed by atoms with Crippen LogP contribution in [0.2, 0.25) is 0 Å². The van der Waals surface area contributed by atoms with Crippen molar-refractivity contribution in [1.29, 1.82) is 0 Å². The average molecular weight is 291 g/mol. The van der Waals surface area contributed by atoms with Crippen LogP contribution in [-0.2, 0) is 4.79 Å². The van der Waals surface area contributed by atoms with E-state index in [9.17, 15) is 4.79 Å². The van der Waals surface area contributed by atoms with Crippen molar-refractivity contribution in [2.24, 2.45) is 5.92 Å². The highest BCUT2D eigenvalue weighted by atomic mass is 16.5. The molecule has 116 valence electrons. The van der Waals surface area contributed by atoms with Crippen molar-refractivity contribution in [3.05, 3.63) is 29.8 Å². The highest BCUT2D eigenvalue weighted by Crippen LogP contribution is 2.36. The van der Waals surface area contributed by atoms with Crippen LogP contribution in [0.25, 0.3) is 0 Å². The summed E-state index contributed by atoms with van der Waals surface area (Å²) < 4.78 is 5.69. The van der Waals surface area contributed by atoms with E-state index in [0.717, 1.165) is 38.0 Å². The maximum atomic E-state index is 11.0. The van der Waals surface area contributed by atoms with Crippen molar-refractivity contribution in [3.63, 3.8) is 0 Å². The third-order valence-corrected chi connectivity index (χ3v) is 4.24. The van der Waals surface area contributed by atoms with Crippen LogP contribution in [-0.4, -0.2) is 43.2 Å². The number of hydrogen-bond donors (Lipinski definition) is 1. The van der Waals surface area contributed by atoms with Gasteiger partial charge in [-0.1, -0.05) is 12.1 Å². The Bertz CT molecular complexity index is 448. The summed E-state index contributed by atoms with van der Waals surface area (Å²) in [6.07, 6.45) is 3.53. The zero-order chi connectivity index (χ0) is 15.2. The Balaban J connectivity index is 1.84. The van der Waals surface area contributed by atoms with Crippen molar-refractivity contribution >= 4 is 5.97 Å². The predicted molar refractivity (Wildman–Crippen MR) is 82.8 cm³/mol. The van der Waals surface area contributed by atoms with Crippen LogP contribution in [0, 0.1) is 5.92 Å². The number of carbonyl (C=O) groups is 1. The average Bonchev–Trinajstić information content (AvgIpc) is 2.48. The molecule has 0 unspecified atom stereocenters. The lowest BCUT2D eigenvalue weighted by atomic mass is 9.79. The molecule has 4 heteroatoms. The number of ether oxygens (including phenoxy) is 1. The van der Waals surface area contributed by atoms with Gasteiger partial charge in [0.15, 0.2) is 0 Å². The molecule has 1 aromatic carbocycles. The van der Waals surface area contributed by atoms with Gasteiger partial charge in [0.2, 0.25) is 0 Å². The van der Waals surface area contributed by atoms with Gasteiger partial charge in [-0.05, 0) is 63.4 Å². The zero-order valence-electron chi connectivity index (χ0n) is 12.9. The summed E-state index contributed by atoms with van der Waals surface area (Å²) in [5.74, 6) is 0.615. The molecule has 1 aromatic rings. The highest BCUT2D eigenvalue weighted by Gasteiger charge is 2.26. The molecule has 1 saturated carbocycles. The second-order valence-electron chi connectivity index (χ2n) is 6.11. The fourth-order valence-electron chi connectivity index (χ4n) is 2.86. The topological polar surface area (TPSA) is 49.8 Å². The molecule has 1 N–H and O–H groups in total. The van der Waals surface area contributed by atoms with Gasteiger partial charge in [-0.2, -0.15) is 0 Å². The van der Waals surface area contributed by atoms with Gasteiger partial charge < -0.3 is 14.7 Å². The smallest absolute Gasteiger partial charge is 0.306 e. The Hall–Kier alpha value is -1.55. The van der Waals surface area contributed by atoms with Crippen molar-refractivity contribution < 1.29 is 14.6 Å². The van der Waals surface area contributed by atoms with Gasteiger partial charge in [-0.25, -0.2) is 0 Å². The fourth-order valence-corrected chi connectivity index (χ4v) is 2.86. The third-order valence-electron chi connectivity index (χ3n) is 4.24. The summed E-state index contributed by atoms with van der Waals surface area (Å²) in [7, 11) is 4.06. The summed E-state index contributed by atoms with van der Waals surface area (Å²) in [5, 5.41) is 9.03. The molecule has 0 saturated heterocycles. The standard InChI is InChI=1S/C17H25NO3/c1-18(2)11-12-21-16-9-7-14(8-10-16)13-3-5-15(6-4-13)17(19)20/h7-10,13,15H,3-6,11-12H2,1-2H3,(H,19,20). The van der Waals surface area contributed by atoms with Crippen LogP contribution in [0.1, 0.15) is 37.2 Å². The number of rotatable bonds is 6. The minimum Gasteiger partial charge on any atom is -0.492 e. The Morgan fingerprint density at radius 1 is 1.19 bits per heavy atom. The van der Waals surface area contributed by atoms with Gasteiger partial charge in [0.25, 0.3) is 0 Å². The van der Waals surface area contributed by atoms with Crippen molar-refractivity contribution in [2.75, 3.05) is 27.2 Å². The molecule has 2 rings (SSSR count). The van der Waals surface area contributed by atoms with Gasteiger partial charge in [0.1, 0.15) is 12.4 Å². The number of carboxylic acid groups (broad SMARTS) is 1. The van der Waals surface area contributed by atoms with E-state index in [1.807, 2.05) is 26.2 Å². The number of aliphatic carboxylic acids is 1. The van der Waals surface area contributed by atoms with Crippen LogP contribution < -0.4 is 4.74 Å². The van der Waals surface area contributed by atoms with Gasteiger partial charge in [-0.15, -0.1) is 0 Å². The van der Waals surface area contributed by atoms with Crippen LogP contribution >= 0.6 is 0 Å². The molecule has 0 bridgehead atoms. The maximum absolute atomic E-state index is 11.0. The zero-order valence-corrected chi connectivity index (χ0v) is 12.9. The lowest BCUT2D eigenvalue weighted by Gasteiger charge is -2.26. The molecule has 0 atom stereocenters. The molecule has 0 amide bonds. The predicted octanol–water partition coefficient (Wildman–Crippen LogP) is 2.99. The Morgan fingerprint density at radius 3 is 2.33 bits per heavy atom. The van der Waals surface area contributed by atoms with Crippen LogP contribution in [0.15, 0.2) is 24.3 Å². The molecule has 4 nitrogen and oxygen atoms in total. The van der Waals surface area contributed by atoms with Crippen molar-refractivity contribution in [1.82, 2.24) is 4.90 Å². The number of hydrogen-bond acceptors (Lipinski definition) is 3. The Morgan fingerprint density at radius 2 is 1.81 bits per heavy atom. The van der Waals surface area contributed by atoms with E-state index < -0.39 is 5.97 Å². The van der Waals surface area contributed by atoms with E-state index in [1.165, 1.54) is 5.56 Å². The molecule has 0 radical (unpaired) electrons. The van der Waals surface area contributed by atoms with E-state index in [4.69, 9.17) is 9.84 Å². The first-order chi connectivity index (χ1) is 10.1. The maximum Gasteiger partial charge on any atom is 0.306 e. The van der Waals surface area contributed by atoms with Gasteiger partial charge in [-0.3, -0.25) is 4.79 Å². The van der Waals surface area contributed by atoms with Gasteiger partial charge >= 0.3 is 5.97 Å². The molecular weight excluding hydrogens is 266 g/mol. The second kappa shape index (κ2) is 7.46. The molecular formula is C17H25NO3. The molecule has 1 aliphatic rings. The lowest BCUT2D eigenvalue weighted by molar-refractivity contribution is -0.142. The quantitative estimate of drug-likeness (QED) is 0.875. The molecule has 0 heterocycles. The largest absolute Gasteiger partial charge is 0.492 e. The van der Waals surface area contributed by atoms with E-state index in [1.54, 1.807) is 0 Å². The van der Waals surface area contributed by atoms with Gasteiger partial charge in [0.05, 0.1) is 5.92 Å². The van der Waals surface area contributed by atoms with E-state index in [0.29, 0.717) is 12.5 Å². The Labute approximate surface area is 126 Å². The summed E-state index contributed by atoms with van der Waals surface area (Å²) in [4.78, 5) is 13.1. The third kappa shape index (κ3) is 4.74. The molecule has 0 aromatic heterocycles. The molecule has 0 aliphatic heterocycles.